The van der Waals surface area contributed by atoms with Gasteiger partial charge < -0.3 is 4.74 Å². The highest BCUT2D eigenvalue weighted by atomic mass is 79.9. The van der Waals surface area contributed by atoms with Crippen LogP contribution in [0.5, 0.6) is 5.75 Å². The Labute approximate surface area is 197 Å². The predicted octanol–water partition coefficient (Wildman–Crippen LogP) is 6.24. The molecular formula is C23H16BrCl2N3O2. The number of para-hydroxylation sites is 1. The summed E-state index contributed by atoms with van der Waals surface area (Å²) in [6, 6.07) is 18.1. The van der Waals surface area contributed by atoms with Crippen LogP contribution in [0.2, 0.25) is 10.0 Å². The summed E-state index contributed by atoms with van der Waals surface area (Å²) in [7, 11) is 0. The molecule has 0 atom stereocenters. The number of hydrogen-bond acceptors (Lipinski definition) is 4. The van der Waals surface area contributed by atoms with Crippen LogP contribution in [0.3, 0.4) is 0 Å². The number of ether oxygens (including phenoxy) is 1. The van der Waals surface area contributed by atoms with Crippen molar-refractivity contribution in [2.24, 2.45) is 5.10 Å². The maximum atomic E-state index is 12.9. The van der Waals surface area contributed by atoms with Gasteiger partial charge in [-0.15, -0.1) is 0 Å². The summed E-state index contributed by atoms with van der Waals surface area (Å²) in [5, 5.41) is 5.97. The third kappa shape index (κ3) is 4.82. The highest BCUT2D eigenvalue weighted by molar-refractivity contribution is 9.10. The number of aromatic nitrogens is 2. The van der Waals surface area contributed by atoms with E-state index >= 15 is 0 Å². The summed E-state index contributed by atoms with van der Waals surface area (Å²) in [6.07, 6.45) is 1.58. The first-order chi connectivity index (χ1) is 14.9. The summed E-state index contributed by atoms with van der Waals surface area (Å²) >= 11 is 15.6. The van der Waals surface area contributed by atoms with Crippen molar-refractivity contribution in [3.8, 4) is 5.75 Å². The van der Waals surface area contributed by atoms with Gasteiger partial charge in [0.25, 0.3) is 5.56 Å². The lowest BCUT2D eigenvalue weighted by atomic mass is 10.2. The van der Waals surface area contributed by atoms with Gasteiger partial charge in [-0.3, -0.25) is 4.79 Å². The number of hydrogen-bond donors (Lipinski definition) is 0. The predicted molar refractivity (Wildman–Crippen MR) is 129 cm³/mol. The molecule has 5 nitrogen and oxygen atoms in total. The topological polar surface area (TPSA) is 56.5 Å². The minimum absolute atomic E-state index is 0.244. The summed E-state index contributed by atoms with van der Waals surface area (Å²) in [6.45, 7) is 2.01. The summed E-state index contributed by atoms with van der Waals surface area (Å²) in [5.74, 6) is 1.10. The zero-order valence-electron chi connectivity index (χ0n) is 16.3. The number of fused-ring (bicyclic) bond motifs is 1. The Balaban J connectivity index is 1.64. The van der Waals surface area contributed by atoms with Crippen molar-refractivity contribution >= 4 is 56.2 Å². The number of nitrogens with zero attached hydrogens (tertiary/aromatic N) is 3. The third-order valence-corrected chi connectivity index (χ3v) is 5.68. The SMILES string of the molecule is Cc1nc2ccc(Br)cc2c(=O)n1N=Cc1ccccc1OCc1ccc(Cl)cc1Cl. The molecule has 4 rings (SSSR count). The number of rotatable bonds is 5. The number of aryl methyl sites for hydroxylation is 1. The molecule has 0 amide bonds. The molecule has 0 aliphatic heterocycles. The van der Waals surface area contributed by atoms with E-state index in [1.54, 1.807) is 37.4 Å². The Hall–Kier alpha value is -2.67. The van der Waals surface area contributed by atoms with Crippen LogP contribution >= 0.6 is 39.1 Å². The van der Waals surface area contributed by atoms with Crippen molar-refractivity contribution < 1.29 is 4.74 Å². The fourth-order valence-electron chi connectivity index (χ4n) is 3.03. The monoisotopic (exact) mass is 515 g/mol. The summed E-state index contributed by atoms with van der Waals surface area (Å²) < 4.78 is 8.03. The second-order valence-electron chi connectivity index (χ2n) is 6.74. The summed E-state index contributed by atoms with van der Waals surface area (Å²) in [4.78, 5) is 17.4. The second kappa shape index (κ2) is 9.22. The van der Waals surface area contributed by atoms with Gasteiger partial charge in [-0.05, 0) is 49.4 Å². The molecule has 0 aliphatic carbocycles. The van der Waals surface area contributed by atoms with Crippen molar-refractivity contribution in [1.29, 1.82) is 0 Å². The fourth-order valence-corrected chi connectivity index (χ4v) is 3.85. The average Bonchev–Trinajstić information content (AvgIpc) is 2.74. The molecule has 0 radical (unpaired) electrons. The molecule has 0 aliphatic rings. The van der Waals surface area contributed by atoms with Crippen LogP contribution in [-0.2, 0) is 6.61 Å². The molecule has 8 heteroatoms. The van der Waals surface area contributed by atoms with Crippen LogP contribution in [0.4, 0.5) is 0 Å². The Bertz CT molecular complexity index is 1370. The van der Waals surface area contributed by atoms with E-state index in [4.69, 9.17) is 27.9 Å². The van der Waals surface area contributed by atoms with Gasteiger partial charge in [-0.1, -0.05) is 57.3 Å². The average molecular weight is 517 g/mol. The molecule has 4 aromatic rings. The largest absolute Gasteiger partial charge is 0.488 e. The molecule has 0 saturated carbocycles. The Morgan fingerprint density at radius 3 is 2.74 bits per heavy atom. The van der Waals surface area contributed by atoms with Gasteiger partial charge in [-0.2, -0.15) is 9.78 Å². The van der Waals surface area contributed by atoms with Gasteiger partial charge in [0.05, 0.1) is 17.1 Å². The molecule has 3 aromatic carbocycles. The molecule has 31 heavy (non-hydrogen) atoms. The van der Waals surface area contributed by atoms with E-state index in [2.05, 4.69) is 26.0 Å². The standard InChI is InChI=1S/C23H16BrCl2N3O2/c1-14-28-21-9-7-17(24)10-19(21)23(30)29(14)27-12-15-4-2-3-5-22(15)31-13-16-6-8-18(25)11-20(16)26/h2-12H,13H2,1H3. The first-order valence-electron chi connectivity index (χ1n) is 9.31. The normalized spacial score (nSPS) is 11.4. The molecule has 0 saturated heterocycles. The fraction of sp³-hybridized carbons (Fsp3) is 0.0870. The zero-order chi connectivity index (χ0) is 22.0. The van der Waals surface area contributed by atoms with E-state index in [-0.39, 0.29) is 12.2 Å². The van der Waals surface area contributed by atoms with E-state index < -0.39 is 0 Å². The molecule has 0 unspecified atom stereocenters. The number of halogens is 3. The molecular weight excluding hydrogens is 501 g/mol. The molecule has 0 fully saturated rings. The van der Waals surface area contributed by atoms with Crippen molar-refractivity contribution in [2.45, 2.75) is 13.5 Å². The minimum atomic E-state index is -0.244. The highest BCUT2D eigenvalue weighted by Gasteiger charge is 2.09. The van der Waals surface area contributed by atoms with Gasteiger partial charge in [-0.25, -0.2) is 4.98 Å². The van der Waals surface area contributed by atoms with Crippen LogP contribution in [-0.4, -0.2) is 15.9 Å². The molecule has 156 valence electrons. The van der Waals surface area contributed by atoms with Crippen molar-refractivity contribution in [1.82, 2.24) is 9.66 Å². The van der Waals surface area contributed by atoms with Crippen molar-refractivity contribution in [3.05, 3.63) is 102 Å². The number of benzene rings is 3. The smallest absolute Gasteiger partial charge is 0.282 e. The van der Waals surface area contributed by atoms with Crippen molar-refractivity contribution in [2.75, 3.05) is 0 Å². The maximum Gasteiger partial charge on any atom is 0.282 e. The lowest BCUT2D eigenvalue weighted by Gasteiger charge is -2.11. The van der Waals surface area contributed by atoms with E-state index in [0.29, 0.717) is 38.1 Å². The highest BCUT2D eigenvalue weighted by Crippen LogP contribution is 2.24. The minimum Gasteiger partial charge on any atom is -0.488 e. The zero-order valence-corrected chi connectivity index (χ0v) is 19.4. The van der Waals surface area contributed by atoms with Gasteiger partial charge >= 0.3 is 0 Å². The third-order valence-electron chi connectivity index (χ3n) is 4.60. The lowest BCUT2D eigenvalue weighted by molar-refractivity contribution is 0.306. The van der Waals surface area contributed by atoms with E-state index in [1.165, 1.54) is 4.68 Å². The molecule has 0 N–H and O–H groups in total. The van der Waals surface area contributed by atoms with Crippen LogP contribution in [0.25, 0.3) is 10.9 Å². The van der Waals surface area contributed by atoms with E-state index in [0.717, 1.165) is 10.0 Å². The first-order valence-corrected chi connectivity index (χ1v) is 10.9. The Kier molecular flexibility index (Phi) is 6.41. The molecule has 1 heterocycles. The van der Waals surface area contributed by atoms with Crippen LogP contribution in [0.1, 0.15) is 17.0 Å². The van der Waals surface area contributed by atoms with Gasteiger partial charge in [0.15, 0.2) is 0 Å². The quantitative estimate of drug-likeness (QED) is 0.295. The van der Waals surface area contributed by atoms with Crippen LogP contribution in [0.15, 0.2) is 75.0 Å². The first kappa shape index (κ1) is 21.6. The van der Waals surface area contributed by atoms with E-state index in [9.17, 15) is 4.79 Å². The summed E-state index contributed by atoms with van der Waals surface area (Å²) in [5.41, 5.74) is 1.91. The Morgan fingerprint density at radius 2 is 1.94 bits per heavy atom. The molecule has 0 spiro atoms. The van der Waals surface area contributed by atoms with Crippen LogP contribution in [0, 0.1) is 6.92 Å². The van der Waals surface area contributed by atoms with Gasteiger partial charge in [0, 0.05) is 25.6 Å². The molecule has 1 aromatic heterocycles. The molecule has 0 bridgehead atoms. The lowest BCUT2D eigenvalue weighted by Crippen LogP contribution is -2.20. The van der Waals surface area contributed by atoms with Gasteiger partial charge in [0.2, 0.25) is 0 Å². The second-order valence-corrected chi connectivity index (χ2v) is 8.50. The maximum absolute atomic E-state index is 12.9. The Morgan fingerprint density at radius 1 is 1.13 bits per heavy atom. The van der Waals surface area contributed by atoms with Crippen molar-refractivity contribution in [3.63, 3.8) is 0 Å². The van der Waals surface area contributed by atoms with Gasteiger partial charge in [0.1, 0.15) is 18.2 Å². The van der Waals surface area contributed by atoms with E-state index in [1.807, 2.05) is 36.4 Å². The van der Waals surface area contributed by atoms with Crippen LogP contribution < -0.4 is 10.3 Å².